The predicted octanol–water partition coefficient (Wildman–Crippen LogP) is 8.01. The van der Waals surface area contributed by atoms with Crippen LogP contribution in [0.5, 0.6) is 0 Å². The molecule has 0 heteroatoms. The fourth-order valence-electron chi connectivity index (χ4n) is 6.33. The normalized spacial score (nSPS) is 14.0. The average Bonchev–Trinajstić information content (AvgIpc) is 3.33. The second-order valence-electron chi connectivity index (χ2n) is 8.93. The van der Waals surface area contributed by atoms with Crippen molar-refractivity contribution in [2.24, 2.45) is 0 Å². The summed E-state index contributed by atoms with van der Waals surface area (Å²) in [4.78, 5) is 0. The molecule has 0 atom stereocenters. The van der Waals surface area contributed by atoms with Crippen LogP contribution in [-0.2, 0) is 5.41 Å². The first-order chi connectivity index (χ1) is 15.8. The molecule has 5 aromatic rings. The first kappa shape index (κ1) is 17.7. The monoisotopic (exact) mass is 406 g/mol. The van der Waals surface area contributed by atoms with E-state index in [2.05, 4.69) is 122 Å². The second-order valence-corrected chi connectivity index (χ2v) is 8.93. The molecule has 0 bridgehead atoms. The minimum absolute atomic E-state index is 0.296. The van der Waals surface area contributed by atoms with Crippen molar-refractivity contribution >= 4 is 0 Å². The van der Waals surface area contributed by atoms with Gasteiger partial charge in [0.2, 0.25) is 0 Å². The molecule has 32 heavy (non-hydrogen) atoms. The molecule has 150 valence electrons. The maximum Gasteiger partial charge on any atom is 0.0734 e. The zero-order chi connectivity index (χ0) is 21.3. The van der Waals surface area contributed by atoms with Gasteiger partial charge in [-0.25, -0.2) is 0 Å². The summed E-state index contributed by atoms with van der Waals surface area (Å²) in [6, 6.07) is 42.6. The third-order valence-corrected chi connectivity index (χ3v) is 7.41. The molecular weight excluding hydrogens is 384 g/mol. The Bertz CT molecular complexity index is 1480. The van der Waals surface area contributed by atoms with Gasteiger partial charge in [-0.05, 0) is 68.1 Å². The van der Waals surface area contributed by atoms with Crippen molar-refractivity contribution < 1.29 is 0 Å². The SMILES string of the molecule is Cc1cccc2c1C1(c3ccccc3-c3ccccc31)c1c(-c3ccccc3)cccc1-2. The van der Waals surface area contributed by atoms with Crippen molar-refractivity contribution in [1.82, 2.24) is 0 Å². The minimum Gasteiger partial charge on any atom is -0.0622 e. The van der Waals surface area contributed by atoms with Crippen molar-refractivity contribution in [2.75, 3.05) is 0 Å². The van der Waals surface area contributed by atoms with Gasteiger partial charge < -0.3 is 0 Å². The maximum absolute atomic E-state index is 2.35. The van der Waals surface area contributed by atoms with Crippen LogP contribution in [0.3, 0.4) is 0 Å². The van der Waals surface area contributed by atoms with E-state index < -0.39 is 0 Å². The highest BCUT2D eigenvalue weighted by molar-refractivity contribution is 5.99. The van der Waals surface area contributed by atoms with Crippen molar-refractivity contribution in [2.45, 2.75) is 12.3 Å². The molecule has 0 aromatic heterocycles. The van der Waals surface area contributed by atoms with Gasteiger partial charge in [0.15, 0.2) is 0 Å². The van der Waals surface area contributed by atoms with Gasteiger partial charge in [0.05, 0.1) is 5.41 Å². The molecule has 0 N–H and O–H groups in total. The van der Waals surface area contributed by atoms with Gasteiger partial charge in [0, 0.05) is 0 Å². The van der Waals surface area contributed by atoms with Crippen LogP contribution in [0.1, 0.15) is 27.8 Å². The molecule has 0 heterocycles. The first-order valence-corrected chi connectivity index (χ1v) is 11.3. The Labute approximate surface area is 188 Å². The summed E-state index contributed by atoms with van der Waals surface area (Å²) in [5.74, 6) is 0. The molecule has 2 aliphatic carbocycles. The third kappa shape index (κ3) is 2.03. The maximum atomic E-state index is 2.35. The van der Waals surface area contributed by atoms with Crippen LogP contribution in [0.15, 0.2) is 115 Å². The smallest absolute Gasteiger partial charge is 0.0622 e. The van der Waals surface area contributed by atoms with Crippen LogP contribution in [0.4, 0.5) is 0 Å². The van der Waals surface area contributed by atoms with Gasteiger partial charge >= 0.3 is 0 Å². The van der Waals surface area contributed by atoms with Gasteiger partial charge in [0.25, 0.3) is 0 Å². The van der Waals surface area contributed by atoms with Gasteiger partial charge in [-0.3, -0.25) is 0 Å². The van der Waals surface area contributed by atoms with E-state index in [0.717, 1.165) is 0 Å². The summed E-state index contributed by atoms with van der Waals surface area (Å²) < 4.78 is 0. The van der Waals surface area contributed by atoms with Crippen LogP contribution >= 0.6 is 0 Å². The lowest BCUT2D eigenvalue weighted by Crippen LogP contribution is -2.27. The molecule has 0 amide bonds. The zero-order valence-corrected chi connectivity index (χ0v) is 18.0. The average molecular weight is 407 g/mol. The Morgan fingerprint density at radius 2 is 0.906 bits per heavy atom. The number of aryl methyl sites for hydroxylation is 1. The van der Waals surface area contributed by atoms with Gasteiger partial charge in [-0.2, -0.15) is 0 Å². The number of hydrogen-bond acceptors (Lipinski definition) is 0. The van der Waals surface area contributed by atoms with Crippen molar-refractivity contribution in [3.05, 3.63) is 143 Å². The molecule has 0 unspecified atom stereocenters. The molecule has 2 aliphatic rings. The van der Waals surface area contributed by atoms with Crippen LogP contribution in [0.25, 0.3) is 33.4 Å². The Balaban J connectivity index is 1.74. The molecular formula is C32H22. The summed E-state index contributed by atoms with van der Waals surface area (Å²) in [7, 11) is 0. The quantitative estimate of drug-likeness (QED) is 0.259. The van der Waals surface area contributed by atoms with E-state index in [9.17, 15) is 0 Å². The largest absolute Gasteiger partial charge is 0.0734 e. The predicted molar refractivity (Wildman–Crippen MR) is 133 cm³/mol. The summed E-state index contributed by atoms with van der Waals surface area (Å²) >= 11 is 0. The Morgan fingerprint density at radius 1 is 0.406 bits per heavy atom. The molecule has 0 saturated carbocycles. The minimum atomic E-state index is -0.296. The van der Waals surface area contributed by atoms with E-state index in [1.54, 1.807) is 0 Å². The Morgan fingerprint density at radius 3 is 1.59 bits per heavy atom. The molecule has 0 radical (unpaired) electrons. The Kier molecular flexibility index (Phi) is 3.50. The summed E-state index contributed by atoms with van der Waals surface area (Å²) in [5.41, 5.74) is 14.8. The van der Waals surface area contributed by atoms with Gasteiger partial charge in [-0.1, -0.05) is 115 Å². The summed E-state index contributed by atoms with van der Waals surface area (Å²) in [6.07, 6.45) is 0. The molecule has 0 nitrogen and oxygen atoms in total. The standard InChI is InChI=1S/C32H22/c1-21-11-9-17-26-27-18-10-16-23(22-12-3-2-4-13-22)31(27)32(30(21)26)28-19-7-5-14-24(28)25-15-6-8-20-29(25)32/h2-20H,1H3. The molecule has 5 aromatic carbocycles. The van der Waals surface area contributed by atoms with Crippen LogP contribution < -0.4 is 0 Å². The summed E-state index contributed by atoms with van der Waals surface area (Å²) in [6.45, 7) is 2.28. The highest BCUT2D eigenvalue weighted by Crippen LogP contribution is 2.64. The zero-order valence-electron chi connectivity index (χ0n) is 18.0. The van der Waals surface area contributed by atoms with E-state index in [1.165, 1.54) is 61.2 Å². The number of benzene rings is 5. The van der Waals surface area contributed by atoms with E-state index >= 15 is 0 Å². The fraction of sp³-hybridized carbons (Fsp3) is 0.0625. The number of fused-ring (bicyclic) bond motifs is 10. The molecule has 0 saturated heterocycles. The van der Waals surface area contributed by atoms with E-state index in [1.807, 2.05) is 0 Å². The highest BCUT2D eigenvalue weighted by atomic mass is 14.5. The second kappa shape index (κ2) is 6.31. The van der Waals surface area contributed by atoms with Crippen LogP contribution in [-0.4, -0.2) is 0 Å². The third-order valence-electron chi connectivity index (χ3n) is 7.41. The topological polar surface area (TPSA) is 0 Å². The molecule has 7 rings (SSSR count). The molecule has 0 aliphatic heterocycles. The van der Waals surface area contributed by atoms with Crippen molar-refractivity contribution in [3.8, 4) is 33.4 Å². The Hall–Kier alpha value is -3.90. The molecule has 0 fully saturated rings. The van der Waals surface area contributed by atoms with E-state index in [0.29, 0.717) is 0 Å². The highest BCUT2D eigenvalue weighted by Gasteiger charge is 2.53. The van der Waals surface area contributed by atoms with Crippen molar-refractivity contribution in [1.29, 1.82) is 0 Å². The first-order valence-electron chi connectivity index (χ1n) is 11.3. The van der Waals surface area contributed by atoms with Crippen LogP contribution in [0.2, 0.25) is 0 Å². The number of rotatable bonds is 1. The fourth-order valence-corrected chi connectivity index (χ4v) is 6.33. The van der Waals surface area contributed by atoms with Crippen LogP contribution in [0, 0.1) is 6.92 Å². The van der Waals surface area contributed by atoms with Crippen molar-refractivity contribution in [3.63, 3.8) is 0 Å². The van der Waals surface area contributed by atoms with Gasteiger partial charge in [-0.15, -0.1) is 0 Å². The summed E-state index contributed by atoms with van der Waals surface area (Å²) in [5, 5.41) is 0. The molecule has 1 spiro atoms. The van der Waals surface area contributed by atoms with E-state index in [-0.39, 0.29) is 5.41 Å². The lowest BCUT2D eigenvalue weighted by Gasteiger charge is -2.33. The lowest BCUT2D eigenvalue weighted by atomic mass is 9.67. The lowest BCUT2D eigenvalue weighted by molar-refractivity contribution is 0.788. The number of hydrogen-bond donors (Lipinski definition) is 0. The van der Waals surface area contributed by atoms with Gasteiger partial charge in [0.1, 0.15) is 0 Å². The van der Waals surface area contributed by atoms with E-state index in [4.69, 9.17) is 0 Å².